The highest BCUT2D eigenvalue weighted by molar-refractivity contribution is 5.40. The van der Waals surface area contributed by atoms with Gasteiger partial charge in [0.15, 0.2) is 11.5 Å². The molecule has 108 valence electrons. The summed E-state index contributed by atoms with van der Waals surface area (Å²) in [6, 6.07) is 4.41. The molecular weight excluding hydrogens is 256 g/mol. The molecule has 4 N–H and O–H groups in total. The maximum Gasteiger partial charge on any atom is 0.157 e. The molecule has 1 atom stereocenters. The van der Waals surface area contributed by atoms with Gasteiger partial charge in [0.25, 0.3) is 0 Å². The van der Waals surface area contributed by atoms with Gasteiger partial charge in [-0.2, -0.15) is 0 Å². The Labute approximate surface area is 117 Å². The second-order valence-corrected chi connectivity index (χ2v) is 4.89. The zero-order chi connectivity index (χ0) is 14.7. The van der Waals surface area contributed by atoms with Crippen LogP contribution in [0.3, 0.4) is 0 Å². The maximum absolute atomic E-state index is 9.50. The first kappa shape index (κ1) is 14.3. The van der Waals surface area contributed by atoms with Gasteiger partial charge in [-0.15, -0.1) is 10.2 Å². The van der Waals surface area contributed by atoms with Crippen LogP contribution in [0.15, 0.2) is 18.2 Å². The van der Waals surface area contributed by atoms with Crippen molar-refractivity contribution in [2.24, 2.45) is 5.73 Å². The Morgan fingerprint density at radius 3 is 2.65 bits per heavy atom. The maximum atomic E-state index is 9.50. The minimum Gasteiger partial charge on any atom is -0.504 e. The number of phenolic OH excluding ortho intramolecular Hbond substituents is 2. The number of benzene rings is 1. The molecule has 0 amide bonds. The first-order valence-electron chi connectivity index (χ1n) is 6.69. The van der Waals surface area contributed by atoms with E-state index in [-0.39, 0.29) is 17.5 Å². The molecule has 0 saturated heterocycles. The number of nitrogens with two attached hydrogens (primary N) is 1. The first-order valence-corrected chi connectivity index (χ1v) is 6.69. The summed E-state index contributed by atoms with van der Waals surface area (Å²) in [7, 11) is 0. The molecular formula is C14H20N4O2. The highest BCUT2D eigenvalue weighted by Gasteiger charge is 2.16. The summed E-state index contributed by atoms with van der Waals surface area (Å²) in [6.45, 7) is 4.83. The Hall–Kier alpha value is -2.08. The van der Waals surface area contributed by atoms with Crippen LogP contribution < -0.4 is 5.73 Å². The first-order chi connectivity index (χ1) is 9.52. The molecule has 1 aromatic carbocycles. The van der Waals surface area contributed by atoms with Crippen LogP contribution in [0.5, 0.6) is 11.5 Å². The molecule has 0 saturated carbocycles. The fraction of sp³-hybridized carbons (Fsp3) is 0.429. The van der Waals surface area contributed by atoms with Crippen LogP contribution >= 0.6 is 0 Å². The second kappa shape index (κ2) is 5.92. The SMILES string of the molecule is CCCn1c(C)nnc1C(N)Cc1ccc(O)c(O)c1. The van der Waals surface area contributed by atoms with E-state index in [4.69, 9.17) is 5.73 Å². The molecule has 20 heavy (non-hydrogen) atoms. The molecule has 6 nitrogen and oxygen atoms in total. The lowest BCUT2D eigenvalue weighted by Crippen LogP contribution is -2.19. The number of phenols is 2. The van der Waals surface area contributed by atoms with Crippen LogP contribution in [0, 0.1) is 6.92 Å². The van der Waals surface area contributed by atoms with E-state index in [0.717, 1.165) is 30.2 Å². The minimum atomic E-state index is -0.299. The summed E-state index contributed by atoms with van der Waals surface area (Å²) in [5.41, 5.74) is 7.04. The number of aryl methyl sites for hydroxylation is 1. The van der Waals surface area contributed by atoms with E-state index < -0.39 is 0 Å². The highest BCUT2D eigenvalue weighted by Crippen LogP contribution is 2.26. The summed E-state index contributed by atoms with van der Waals surface area (Å²) in [5.74, 6) is 1.33. The highest BCUT2D eigenvalue weighted by atomic mass is 16.3. The fourth-order valence-corrected chi connectivity index (χ4v) is 2.21. The van der Waals surface area contributed by atoms with Crippen molar-refractivity contribution in [2.75, 3.05) is 0 Å². The van der Waals surface area contributed by atoms with E-state index in [2.05, 4.69) is 17.1 Å². The van der Waals surface area contributed by atoms with Gasteiger partial charge in [-0.25, -0.2) is 0 Å². The van der Waals surface area contributed by atoms with Gasteiger partial charge in [-0.3, -0.25) is 0 Å². The van der Waals surface area contributed by atoms with Gasteiger partial charge in [-0.1, -0.05) is 13.0 Å². The molecule has 1 aromatic heterocycles. The fourth-order valence-electron chi connectivity index (χ4n) is 2.21. The number of nitrogens with zero attached hydrogens (tertiary/aromatic N) is 3. The van der Waals surface area contributed by atoms with E-state index >= 15 is 0 Å². The molecule has 2 aromatic rings. The van der Waals surface area contributed by atoms with Gasteiger partial charge in [0.05, 0.1) is 6.04 Å². The van der Waals surface area contributed by atoms with E-state index in [1.165, 1.54) is 12.1 Å². The van der Waals surface area contributed by atoms with Crippen LogP contribution in [0.2, 0.25) is 0 Å². The quantitative estimate of drug-likeness (QED) is 0.721. The molecule has 6 heteroatoms. The number of aromatic hydroxyl groups is 2. The van der Waals surface area contributed by atoms with Crippen molar-refractivity contribution >= 4 is 0 Å². The van der Waals surface area contributed by atoms with Crippen molar-refractivity contribution in [3.8, 4) is 11.5 Å². The lowest BCUT2D eigenvalue weighted by molar-refractivity contribution is 0.403. The van der Waals surface area contributed by atoms with Crippen LogP contribution in [0.25, 0.3) is 0 Å². The van der Waals surface area contributed by atoms with Crippen molar-refractivity contribution in [3.05, 3.63) is 35.4 Å². The van der Waals surface area contributed by atoms with Gasteiger partial charge >= 0.3 is 0 Å². The Morgan fingerprint density at radius 2 is 2.00 bits per heavy atom. The zero-order valence-electron chi connectivity index (χ0n) is 11.7. The topological polar surface area (TPSA) is 97.2 Å². The molecule has 1 unspecified atom stereocenters. The predicted octanol–water partition coefficient (Wildman–Crippen LogP) is 1.65. The predicted molar refractivity (Wildman–Crippen MR) is 75.5 cm³/mol. The van der Waals surface area contributed by atoms with Gasteiger partial charge in [-0.05, 0) is 37.5 Å². The standard InChI is InChI=1S/C14H20N4O2/c1-3-6-18-9(2)16-17-14(18)11(15)7-10-4-5-12(19)13(20)8-10/h4-5,8,11,19-20H,3,6-7,15H2,1-2H3. The molecule has 0 bridgehead atoms. The molecule has 0 spiro atoms. The monoisotopic (exact) mass is 276 g/mol. The third kappa shape index (κ3) is 2.91. The van der Waals surface area contributed by atoms with Crippen molar-refractivity contribution < 1.29 is 10.2 Å². The summed E-state index contributed by atoms with van der Waals surface area (Å²) in [5, 5.41) is 27.0. The van der Waals surface area contributed by atoms with Crippen molar-refractivity contribution in [2.45, 2.75) is 39.3 Å². The lowest BCUT2D eigenvalue weighted by Gasteiger charge is -2.14. The third-order valence-corrected chi connectivity index (χ3v) is 3.24. The van der Waals surface area contributed by atoms with Gasteiger partial charge in [0, 0.05) is 6.54 Å². The smallest absolute Gasteiger partial charge is 0.157 e. The summed E-state index contributed by atoms with van der Waals surface area (Å²) in [6.07, 6.45) is 1.51. The van der Waals surface area contributed by atoms with E-state index in [1.807, 2.05) is 11.5 Å². The van der Waals surface area contributed by atoms with Crippen molar-refractivity contribution in [3.63, 3.8) is 0 Å². The van der Waals surface area contributed by atoms with Crippen LogP contribution in [0.1, 0.15) is 36.6 Å². The summed E-state index contributed by atoms with van der Waals surface area (Å²) < 4.78 is 2.02. The summed E-state index contributed by atoms with van der Waals surface area (Å²) >= 11 is 0. The second-order valence-electron chi connectivity index (χ2n) is 4.89. The Morgan fingerprint density at radius 1 is 1.25 bits per heavy atom. The molecule has 1 heterocycles. The summed E-state index contributed by atoms with van der Waals surface area (Å²) in [4.78, 5) is 0. The third-order valence-electron chi connectivity index (χ3n) is 3.24. The molecule has 0 aliphatic heterocycles. The van der Waals surface area contributed by atoms with Gasteiger partial charge in [0.1, 0.15) is 11.6 Å². The van der Waals surface area contributed by atoms with E-state index in [0.29, 0.717) is 6.42 Å². The molecule has 0 fully saturated rings. The normalized spacial score (nSPS) is 12.6. The molecule has 2 rings (SSSR count). The van der Waals surface area contributed by atoms with Crippen molar-refractivity contribution in [1.29, 1.82) is 0 Å². The van der Waals surface area contributed by atoms with Gasteiger partial charge < -0.3 is 20.5 Å². The van der Waals surface area contributed by atoms with Crippen molar-refractivity contribution in [1.82, 2.24) is 14.8 Å². The number of hydrogen-bond donors (Lipinski definition) is 3. The van der Waals surface area contributed by atoms with Crippen LogP contribution in [0.4, 0.5) is 0 Å². The zero-order valence-corrected chi connectivity index (χ0v) is 11.7. The average molecular weight is 276 g/mol. The average Bonchev–Trinajstić information content (AvgIpc) is 2.76. The molecule has 0 aliphatic carbocycles. The van der Waals surface area contributed by atoms with E-state index in [1.54, 1.807) is 6.07 Å². The number of aromatic nitrogens is 3. The largest absolute Gasteiger partial charge is 0.504 e. The number of rotatable bonds is 5. The number of hydrogen-bond acceptors (Lipinski definition) is 5. The van der Waals surface area contributed by atoms with E-state index in [9.17, 15) is 10.2 Å². The van der Waals surface area contributed by atoms with Gasteiger partial charge in [0.2, 0.25) is 0 Å². The molecule has 0 aliphatic rings. The Bertz CT molecular complexity index is 595. The molecule has 0 radical (unpaired) electrons. The Balaban J connectivity index is 2.19. The minimum absolute atomic E-state index is 0.132. The lowest BCUT2D eigenvalue weighted by atomic mass is 10.1. The van der Waals surface area contributed by atoms with Crippen LogP contribution in [-0.2, 0) is 13.0 Å². The van der Waals surface area contributed by atoms with Crippen LogP contribution in [-0.4, -0.2) is 25.0 Å². The Kier molecular flexibility index (Phi) is 4.24.